The van der Waals surface area contributed by atoms with Gasteiger partial charge in [-0.1, -0.05) is 6.07 Å². The zero-order valence-electron chi connectivity index (χ0n) is 19.1. The van der Waals surface area contributed by atoms with E-state index in [4.69, 9.17) is 0 Å². The Balaban J connectivity index is 1.14. The van der Waals surface area contributed by atoms with Crippen LogP contribution in [-0.2, 0) is 5.41 Å². The van der Waals surface area contributed by atoms with Gasteiger partial charge in [-0.05, 0) is 49.4 Å². The predicted octanol–water partition coefficient (Wildman–Crippen LogP) is 2.06. The minimum Gasteiger partial charge on any atom is -0.368 e. The van der Waals surface area contributed by atoms with E-state index in [0.29, 0.717) is 23.2 Å². The Bertz CT molecular complexity index is 1310. The molecule has 3 aromatic rings. The van der Waals surface area contributed by atoms with E-state index in [2.05, 4.69) is 30.1 Å². The number of amides is 1. The molecule has 1 amide bonds. The van der Waals surface area contributed by atoms with Crippen molar-refractivity contribution in [2.45, 2.75) is 30.7 Å². The summed E-state index contributed by atoms with van der Waals surface area (Å²) in [7, 11) is 1.60. The van der Waals surface area contributed by atoms with Crippen LogP contribution in [0.5, 0.6) is 0 Å². The van der Waals surface area contributed by atoms with Crippen molar-refractivity contribution in [3.63, 3.8) is 0 Å². The molecule has 4 fully saturated rings. The van der Waals surface area contributed by atoms with E-state index in [-0.39, 0.29) is 22.3 Å². The number of carbonyl (C=O) groups is 1. The Morgan fingerprint density at radius 1 is 1.15 bits per heavy atom. The number of nitrogens with one attached hydrogen (secondary N) is 2. The van der Waals surface area contributed by atoms with Crippen molar-refractivity contribution in [1.82, 2.24) is 25.2 Å². The Morgan fingerprint density at radius 3 is 2.65 bits per heavy atom. The molecule has 176 valence electrons. The van der Waals surface area contributed by atoms with Crippen LogP contribution in [0.4, 0.5) is 10.1 Å². The van der Waals surface area contributed by atoms with Crippen molar-refractivity contribution in [3.05, 3.63) is 64.2 Å². The fourth-order valence-corrected chi connectivity index (χ4v) is 6.21. The van der Waals surface area contributed by atoms with E-state index >= 15 is 0 Å². The third kappa shape index (κ3) is 3.29. The number of halogens is 1. The first-order valence-corrected chi connectivity index (χ1v) is 11.8. The Kier molecular flexibility index (Phi) is 4.91. The summed E-state index contributed by atoms with van der Waals surface area (Å²) in [5.74, 6) is 0.615. The highest BCUT2D eigenvalue weighted by Gasteiger charge is 2.59. The second-order valence-corrected chi connectivity index (χ2v) is 9.77. The predicted molar refractivity (Wildman–Crippen MR) is 127 cm³/mol. The lowest BCUT2D eigenvalue weighted by Crippen LogP contribution is -2.51. The van der Waals surface area contributed by atoms with Crippen molar-refractivity contribution in [3.8, 4) is 0 Å². The number of anilines is 1. The summed E-state index contributed by atoms with van der Waals surface area (Å²) in [6, 6.07) is 8.82. The van der Waals surface area contributed by atoms with Gasteiger partial charge in [-0.3, -0.25) is 14.5 Å². The smallest absolute Gasteiger partial charge is 0.269 e. The molecular weight excluding hydrogens is 435 g/mol. The summed E-state index contributed by atoms with van der Waals surface area (Å²) >= 11 is 0. The number of aromatic amines is 1. The van der Waals surface area contributed by atoms with Gasteiger partial charge in [0.2, 0.25) is 0 Å². The molecule has 7 rings (SSSR count). The zero-order chi connectivity index (χ0) is 23.4. The number of H-pyrrole nitrogens is 1. The number of pyridine rings is 1. The maximum Gasteiger partial charge on any atom is 0.269 e. The molecular formula is C25H27FN6O2. The van der Waals surface area contributed by atoms with E-state index in [1.54, 1.807) is 31.4 Å². The molecule has 0 radical (unpaired) electrons. The van der Waals surface area contributed by atoms with Crippen LogP contribution in [0.25, 0.3) is 10.9 Å². The first-order chi connectivity index (χ1) is 16.5. The largest absolute Gasteiger partial charge is 0.368 e. The Morgan fingerprint density at radius 2 is 1.94 bits per heavy atom. The third-order valence-corrected chi connectivity index (χ3v) is 7.99. The van der Waals surface area contributed by atoms with Gasteiger partial charge in [0, 0.05) is 44.7 Å². The summed E-state index contributed by atoms with van der Waals surface area (Å²) in [5, 5.41) is 2.64. The first-order valence-electron chi connectivity index (χ1n) is 11.8. The topological polar surface area (TPSA) is 94.2 Å². The van der Waals surface area contributed by atoms with Gasteiger partial charge in [0.05, 0.1) is 17.4 Å². The summed E-state index contributed by atoms with van der Waals surface area (Å²) in [5.41, 5.74) is 1.40. The lowest BCUT2D eigenvalue weighted by molar-refractivity contribution is 0.0958. The number of piperazine rings is 1. The van der Waals surface area contributed by atoms with Gasteiger partial charge in [0.25, 0.3) is 11.5 Å². The van der Waals surface area contributed by atoms with Crippen molar-refractivity contribution in [1.29, 1.82) is 0 Å². The Labute approximate surface area is 196 Å². The molecule has 9 heteroatoms. The first kappa shape index (κ1) is 21.2. The van der Waals surface area contributed by atoms with Crippen LogP contribution in [0.15, 0.2) is 41.3 Å². The monoisotopic (exact) mass is 462 g/mol. The van der Waals surface area contributed by atoms with Gasteiger partial charge in [-0.15, -0.1) is 0 Å². The normalized spacial score (nSPS) is 26.5. The van der Waals surface area contributed by atoms with E-state index in [9.17, 15) is 14.0 Å². The molecule has 1 atom stereocenters. The molecule has 3 saturated carbocycles. The number of fused-ring (bicyclic) bond motifs is 2. The summed E-state index contributed by atoms with van der Waals surface area (Å²) in [6.45, 7) is 3.73. The number of hydrogen-bond acceptors (Lipinski definition) is 6. The number of rotatable bonds is 4. The average Bonchev–Trinajstić information content (AvgIpc) is 3.41. The minimum absolute atomic E-state index is 0.0436. The van der Waals surface area contributed by atoms with Crippen LogP contribution in [0, 0.1) is 11.7 Å². The number of benzene rings is 1. The summed E-state index contributed by atoms with van der Waals surface area (Å²) < 4.78 is 14.1. The molecule has 2 N–H and O–H groups in total. The van der Waals surface area contributed by atoms with E-state index in [1.807, 2.05) is 6.07 Å². The van der Waals surface area contributed by atoms with Crippen molar-refractivity contribution >= 4 is 22.5 Å². The fourth-order valence-electron chi connectivity index (χ4n) is 6.21. The second kappa shape index (κ2) is 7.87. The average molecular weight is 463 g/mol. The van der Waals surface area contributed by atoms with Crippen LogP contribution >= 0.6 is 0 Å². The molecule has 1 unspecified atom stereocenters. The van der Waals surface area contributed by atoms with E-state index in [1.165, 1.54) is 6.07 Å². The fraction of sp³-hybridized carbons (Fsp3) is 0.440. The van der Waals surface area contributed by atoms with Crippen LogP contribution in [0.3, 0.4) is 0 Å². The molecule has 1 saturated heterocycles. The molecule has 2 bridgehead atoms. The van der Waals surface area contributed by atoms with Gasteiger partial charge >= 0.3 is 0 Å². The quantitative estimate of drug-likeness (QED) is 0.617. The maximum absolute atomic E-state index is 14.1. The lowest BCUT2D eigenvalue weighted by Gasteiger charge is -2.41. The van der Waals surface area contributed by atoms with Crippen molar-refractivity contribution in [2.75, 3.05) is 38.1 Å². The molecule has 8 nitrogen and oxygen atoms in total. The molecule has 0 spiro atoms. The molecule has 1 aromatic carbocycles. The van der Waals surface area contributed by atoms with Gasteiger partial charge < -0.3 is 15.2 Å². The van der Waals surface area contributed by atoms with Gasteiger partial charge in [-0.25, -0.2) is 14.4 Å². The highest BCUT2D eigenvalue weighted by Crippen LogP contribution is 2.60. The standard InChI is InChI=1S/C25H27FN6O2/c1-27-22(33)19-6-5-16(14-28-19)31-7-9-32(10-8-31)20-13-25(11-15(20)12-25)24-29-18-4-2-3-17(26)21(18)23(34)30-24/h2-6,14-15,20H,7-13H2,1H3,(H,27,33)(H,29,30,34). The van der Waals surface area contributed by atoms with Crippen LogP contribution in [-0.4, -0.2) is 65.0 Å². The van der Waals surface area contributed by atoms with Gasteiger partial charge in [0.15, 0.2) is 0 Å². The number of aromatic nitrogens is 3. The molecule has 3 heterocycles. The van der Waals surface area contributed by atoms with E-state index < -0.39 is 5.82 Å². The maximum atomic E-state index is 14.1. The van der Waals surface area contributed by atoms with Crippen LogP contribution in [0.2, 0.25) is 0 Å². The highest BCUT2D eigenvalue weighted by atomic mass is 19.1. The van der Waals surface area contributed by atoms with Crippen LogP contribution < -0.4 is 15.8 Å². The molecule has 34 heavy (non-hydrogen) atoms. The SMILES string of the molecule is CNC(=O)c1ccc(N2CCN(C3CC4(c5nc6cccc(F)c6c(=O)[nH]5)CC3C4)CC2)cn1. The minimum atomic E-state index is -0.526. The van der Waals surface area contributed by atoms with E-state index in [0.717, 1.165) is 57.0 Å². The molecule has 3 aliphatic carbocycles. The molecule has 4 aliphatic rings. The van der Waals surface area contributed by atoms with Gasteiger partial charge in [-0.2, -0.15) is 0 Å². The lowest BCUT2D eigenvalue weighted by atomic mass is 9.69. The zero-order valence-corrected chi connectivity index (χ0v) is 19.1. The van der Waals surface area contributed by atoms with Crippen molar-refractivity contribution in [2.24, 2.45) is 5.92 Å². The number of hydrogen-bond donors (Lipinski definition) is 2. The summed E-state index contributed by atoms with van der Waals surface area (Å²) in [6.07, 6.45) is 4.79. The molecule has 1 aliphatic heterocycles. The number of nitrogens with zero attached hydrogens (tertiary/aromatic N) is 4. The van der Waals surface area contributed by atoms with Crippen LogP contribution in [0.1, 0.15) is 35.6 Å². The highest BCUT2D eigenvalue weighted by molar-refractivity contribution is 5.92. The Hall–Kier alpha value is -3.33. The van der Waals surface area contributed by atoms with Crippen molar-refractivity contribution < 1.29 is 9.18 Å². The van der Waals surface area contributed by atoms with Gasteiger partial charge in [0.1, 0.15) is 22.7 Å². The molecule has 2 aromatic heterocycles. The summed E-state index contributed by atoms with van der Waals surface area (Å²) in [4.78, 5) is 41.1. The second-order valence-electron chi connectivity index (χ2n) is 9.77. The number of carbonyl (C=O) groups excluding carboxylic acids is 1. The third-order valence-electron chi connectivity index (χ3n) is 7.99.